The summed E-state index contributed by atoms with van der Waals surface area (Å²) in [6.07, 6.45) is 1.83. The largest absolute Gasteiger partial charge is 0.376 e. The van der Waals surface area contributed by atoms with Crippen molar-refractivity contribution in [2.45, 2.75) is 39.3 Å². The zero-order valence-corrected chi connectivity index (χ0v) is 16.1. The van der Waals surface area contributed by atoms with Crippen molar-refractivity contribution < 1.29 is 13.9 Å². The topological polar surface area (TPSA) is 60.2 Å². The summed E-state index contributed by atoms with van der Waals surface area (Å²) in [4.78, 5) is 19.2. The summed E-state index contributed by atoms with van der Waals surface area (Å²) in [6.45, 7) is 5.68. The summed E-state index contributed by atoms with van der Waals surface area (Å²) in [5, 5.41) is 4.88. The Hall–Kier alpha value is -2.32. The van der Waals surface area contributed by atoms with Gasteiger partial charge in [0.1, 0.15) is 11.3 Å². The van der Waals surface area contributed by atoms with Gasteiger partial charge in [0.2, 0.25) is 0 Å². The maximum Gasteiger partial charge on any atom is 0.280 e. The first-order chi connectivity index (χ1) is 13.1. The molecular formula is C19H21FN4O2S. The molecular weight excluding hydrogens is 367 g/mol. The molecule has 6 nitrogen and oxygen atoms in total. The molecule has 27 heavy (non-hydrogen) atoms. The first kappa shape index (κ1) is 18.1. The van der Waals surface area contributed by atoms with Crippen LogP contribution in [0.1, 0.15) is 35.9 Å². The van der Waals surface area contributed by atoms with Gasteiger partial charge in [0.25, 0.3) is 5.91 Å². The van der Waals surface area contributed by atoms with Gasteiger partial charge in [-0.3, -0.25) is 14.4 Å². The van der Waals surface area contributed by atoms with Crippen LogP contribution in [0.5, 0.6) is 0 Å². The highest BCUT2D eigenvalue weighted by Gasteiger charge is 2.29. The highest BCUT2D eigenvalue weighted by Crippen LogP contribution is 2.32. The van der Waals surface area contributed by atoms with Crippen LogP contribution in [-0.4, -0.2) is 39.9 Å². The second kappa shape index (κ2) is 7.36. The maximum atomic E-state index is 14.1. The minimum absolute atomic E-state index is 0.0415. The van der Waals surface area contributed by atoms with Crippen molar-refractivity contribution in [3.8, 4) is 0 Å². The Morgan fingerprint density at radius 2 is 2.33 bits per heavy atom. The number of nitrogens with zero attached hydrogens (tertiary/aromatic N) is 4. The van der Waals surface area contributed by atoms with Gasteiger partial charge in [-0.1, -0.05) is 17.4 Å². The molecule has 8 heteroatoms. The number of carbonyl (C=O) groups is 1. The molecule has 1 aromatic carbocycles. The van der Waals surface area contributed by atoms with Gasteiger partial charge in [0.05, 0.1) is 17.3 Å². The third-order valence-electron chi connectivity index (χ3n) is 4.74. The summed E-state index contributed by atoms with van der Waals surface area (Å²) >= 11 is 1.31. The van der Waals surface area contributed by atoms with Gasteiger partial charge in [-0.15, -0.1) is 0 Å². The molecule has 1 amide bonds. The lowest BCUT2D eigenvalue weighted by atomic mass is 10.2. The molecule has 3 heterocycles. The van der Waals surface area contributed by atoms with E-state index in [9.17, 15) is 9.18 Å². The fourth-order valence-electron chi connectivity index (χ4n) is 3.33. The number of para-hydroxylation sites is 1. The van der Waals surface area contributed by atoms with Crippen molar-refractivity contribution in [2.75, 3.05) is 18.1 Å². The highest BCUT2D eigenvalue weighted by atomic mass is 32.1. The Balaban J connectivity index is 1.72. The summed E-state index contributed by atoms with van der Waals surface area (Å²) in [7, 11) is 0. The molecule has 142 valence electrons. The molecule has 2 aromatic heterocycles. The third kappa shape index (κ3) is 3.46. The molecule has 1 atom stereocenters. The van der Waals surface area contributed by atoms with E-state index in [-0.39, 0.29) is 23.3 Å². The monoisotopic (exact) mass is 388 g/mol. The summed E-state index contributed by atoms with van der Waals surface area (Å²) < 4.78 is 22.3. The predicted molar refractivity (Wildman–Crippen MR) is 103 cm³/mol. The van der Waals surface area contributed by atoms with E-state index in [1.165, 1.54) is 17.4 Å². The van der Waals surface area contributed by atoms with Gasteiger partial charge in [0, 0.05) is 18.8 Å². The van der Waals surface area contributed by atoms with Gasteiger partial charge >= 0.3 is 0 Å². The Kier molecular flexibility index (Phi) is 4.92. The SMILES string of the molecule is CCn1nc(C(=O)N(CC2CCCO2)c2nc3c(F)cccc3s2)cc1C. The molecule has 0 aliphatic carbocycles. The number of hydrogen-bond donors (Lipinski definition) is 0. The molecule has 0 radical (unpaired) electrons. The van der Waals surface area contributed by atoms with Crippen LogP contribution in [-0.2, 0) is 11.3 Å². The van der Waals surface area contributed by atoms with Crippen LogP contribution >= 0.6 is 11.3 Å². The minimum atomic E-state index is -0.384. The van der Waals surface area contributed by atoms with E-state index in [0.717, 1.165) is 18.5 Å². The van der Waals surface area contributed by atoms with E-state index < -0.39 is 0 Å². The average Bonchev–Trinajstić information content (AvgIpc) is 3.38. The van der Waals surface area contributed by atoms with Crippen LogP contribution < -0.4 is 4.90 Å². The lowest BCUT2D eigenvalue weighted by Gasteiger charge is -2.22. The number of carbonyl (C=O) groups excluding carboxylic acids is 1. The van der Waals surface area contributed by atoms with Crippen LogP contribution in [0.3, 0.4) is 0 Å². The second-order valence-corrected chi connectivity index (χ2v) is 7.63. The van der Waals surface area contributed by atoms with Crippen molar-refractivity contribution >= 4 is 32.6 Å². The van der Waals surface area contributed by atoms with E-state index in [1.807, 2.05) is 19.9 Å². The van der Waals surface area contributed by atoms with Gasteiger partial charge in [-0.2, -0.15) is 5.10 Å². The molecule has 4 rings (SSSR count). The number of anilines is 1. The zero-order valence-electron chi connectivity index (χ0n) is 15.3. The minimum Gasteiger partial charge on any atom is -0.376 e. The summed E-state index contributed by atoms with van der Waals surface area (Å²) in [5.74, 6) is -0.620. The number of aryl methyl sites for hydroxylation is 2. The number of benzene rings is 1. The average molecular weight is 388 g/mol. The Morgan fingerprint density at radius 3 is 3.00 bits per heavy atom. The zero-order chi connectivity index (χ0) is 19.0. The van der Waals surface area contributed by atoms with Gasteiger partial charge in [-0.25, -0.2) is 9.37 Å². The van der Waals surface area contributed by atoms with E-state index in [0.29, 0.717) is 35.2 Å². The molecule has 1 aliphatic rings. The highest BCUT2D eigenvalue weighted by molar-refractivity contribution is 7.22. The van der Waals surface area contributed by atoms with Crippen LogP contribution in [0.2, 0.25) is 0 Å². The second-order valence-electron chi connectivity index (χ2n) is 6.62. The number of amides is 1. The van der Waals surface area contributed by atoms with Crippen LogP contribution in [0, 0.1) is 12.7 Å². The predicted octanol–water partition coefficient (Wildman–Crippen LogP) is 3.79. The van der Waals surface area contributed by atoms with Crippen LogP contribution in [0.15, 0.2) is 24.3 Å². The molecule has 0 bridgehead atoms. The van der Waals surface area contributed by atoms with Crippen molar-refractivity contribution in [1.29, 1.82) is 0 Å². The first-order valence-corrected chi connectivity index (χ1v) is 9.91. The molecule has 1 unspecified atom stereocenters. The fourth-order valence-corrected chi connectivity index (χ4v) is 4.32. The first-order valence-electron chi connectivity index (χ1n) is 9.09. The number of thiazole rings is 1. The Bertz CT molecular complexity index is 977. The van der Waals surface area contributed by atoms with E-state index in [4.69, 9.17) is 4.74 Å². The van der Waals surface area contributed by atoms with Gasteiger partial charge in [-0.05, 0) is 44.9 Å². The molecule has 1 aliphatic heterocycles. The van der Waals surface area contributed by atoms with Gasteiger partial charge in [0.15, 0.2) is 10.8 Å². The molecule has 0 saturated carbocycles. The number of fused-ring (bicyclic) bond motifs is 1. The number of aromatic nitrogens is 3. The lowest BCUT2D eigenvalue weighted by Crippen LogP contribution is -2.37. The standard InChI is InChI=1S/C19H21FN4O2S/c1-3-24-12(2)10-15(22-24)18(25)23(11-13-6-5-9-26-13)19-21-17-14(20)7-4-8-16(17)27-19/h4,7-8,10,13H,3,5-6,9,11H2,1-2H3. The van der Waals surface area contributed by atoms with Crippen LogP contribution in [0.4, 0.5) is 9.52 Å². The van der Waals surface area contributed by atoms with Crippen molar-refractivity contribution in [1.82, 2.24) is 14.8 Å². The number of hydrogen-bond acceptors (Lipinski definition) is 5. The molecule has 1 fully saturated rings. The quantitative estimate of drug-likeness (QED) is 0.667. The van der Waals surface area contributed by atoms with Crippen molar-refractivity contribution in [3.63, 3.8) is 0 Å². The maximum absolute atomic E-state index is 14.1. The van der Waals surface area contributed by atoms with E-state index >= 15 is 0 Å². The lowest BCUT2D eigenvalue weighted by molar-refractivity contribution is 0.0912. The van der Waals surface area contributed by atoms with E-state index in [2.05, 4.69) is 10.1 Å². The molecule has 0 spiro atoms. The normalized spacial score (nSPS) is 16.9. The van der Waals surface area contributed by atoms with Crippen molar-refractivity contribution in [2.24, 2.45) is 0 Å². The molecule has 0 N–H and O–H groups in total. The smallest absolute Gasteiger partial charge is 0.280 e. The van der Waals surface area contributed by atoms with Crippen LogP contribution in [0.25, 0.3) is 10.2 Å². The fraction of sp³-hybridized carbons (Fsp3) is 0.421. The number of halogens is 1. The number of ether oxygens (including phenoxy) is 1. The van der Waals surface area contributed by atoms with Crippen molar-refractivity contribution in [3.05, 3.63) is 41.5 Å². The Morgan fingerprint density at radius 1 is 1.48 bits per heavy atom. The summed E-state index contributed by atoms with van der Waals surface area (Å²) in [6, 6.07) is 6.62. The number of rotatable bonds is 5. The summed E-state index contributed by atoms with van der Waals surface area (Å²) in [5.41, 5.74) is 1.58. The van der Waals surface area contributed by atoms with E-state index in [1.54, 1.807) is 21.7 Å². The molecule has 3 aromatic rings. The van der Waals surface area contributed by atoms with Gasteiger partial charge < -0.3 is 4.74 Å². The third-order valence-corrected chi connectivity index (χ3v) is 5.79. The Labute approximate surface area is 160 Å². The molecule has 1 saturated heterocycles.